The molecule has 4 aromatic rings. The van der Waals surface area contributed by atoms with Crippen molar-refractivity contribution >= 4 is 27.9 Å². The normalized spacial score (nSPS) is 17.2. The molecular weight excluding hydrogens is 393 g/mol. The summed E-state index contributed by atoms with van der Waals surface area (Å²) in [5.74, 6) is 0.512. The maximum Gasteiger partial charge on any atom is 0.153 e. The molecule has 0 spiro atoms. The fourth-order valence-electron chi connectivity index (χ4n) is 4.23. The third-order valence-electron chi connectivity index (χ3n) is 5.48. The Morgan fingerprint density at radius 1 is 1.00 bits per heavy atom. The monoisotopic (exact) mass is 419 g/mol. The number of halogens is 1. The van der Waals surface area contributed by atoms with Gasteiger partial charge < -0.3 is 10.2 Å². The Morgan fingerprint density at radius 2 is 1.77 bits per heavy atom. The highest BCUT2D eigenvalue weighted by atomic mass is 19.1. The zero-order valence-electron chi connectivity index (χ0n) is 18.2. The van der Waals surface area contributed by atoms with Gasteiger partial charge in [0.1, 0.15) is 22.5 Å². The van der Waals surface area contributed by atoms with E-state index in [0.29, 0.717) is 22.8 Å². The van der Waals surface area contributed by atoms with E-state index in [4.69, 9.17) is 4.98 Å². The lowest BCUT2D eigenvalue weighted by Crippen LogP contribution is -2.44. The number of aryl methyl sites for hydroxylation is 1. The van der Waals surface area contributed by atoms with Crippen LogP contribution in [0.2, 0.25) is 0 Å². The molecule has 8 heteroatoms. The van der Waals surface area contributed by atoms with Crippen LogP contribution in [0.15, 0.2) is 36.5 Å². The summed E-state index contributed by atoms with van der Waals surface area (Å²) in [7, 11) is 1.79. The van der Waals surface area contributed by atoms with Gasteiger partial charge in [0.2, 0.25) is 0 Å². The average Bonchev–Trinajstić information content (AvgIpc) is 3.30. The van der Waals surface area contributed by atoms with Gasteiger partial charge in [-0.05, 0) is 51.5 Å². The number of aromatic nitrogens is 5. The number of nitrogens with one attached hydrogen (secondary N) is 1. The van der Waals surface area contributed by atoms with Crippen molar-refractivity contribution in [2.24, 2.45) is 7.05 Å². The third kappa shape index (κ3) is 3.95. The molecule has 0 radical (unpaired) electrons. The Kier molecular flexibility index (Phi) is 4.62. The van der Waals surface area contributed by atoms with Crippen LogP contribution in [-0.2, 0) is 7.05 Å². The lowest BCUT2D eigenvalue weighted by Gasteiger charge is -2.26. The molecule has 0 bridgehead atoms. The van der Waals surface area contributed by atoms with Crippen molar-refractivity contribution < 1.29 is 4.39 Å². The molecular formula is C23H26FN7. The lowest BCUT2D eigenvalue weighted by molar-refractivity contribution is 0.373. The fraction of sp³-hybridized carbons (Fsp3) is 0.391. The number of hydrogen-bond acceptors (Lipinski definition) is 6. The number of anilines is 1. The minimum Gasteiger partial charge on any atom is -0.355 e. The topological polar surface area (TPSA) is 71.8 Å². The van der Waals surface area contributed by atoms with Gasteiger partial charge in [0, 0.05) is 37.8 Å². The second-order valence-electron chi connectivity index (χ2n) is 9.26. The molecule has 4 aromatic heterocycles. The summed E-state index contributed by atoms with van der Waals surface area (Å²) >= 11 is 0. The lowest BCUT2D eigenvalue weighted by atomic mass is 10.1. The Bertz CT molecular complexity index is 1270. The van der Waals surface area contributed by atoms with Gasteiger partial charge in [-0.15, -0.1) is 0 Å². The molecule has 7 nitrogen and oxygen atoms in total. The van der Waals surface area contributed by atoms with Crippen LogP contribution in [0.25, 0.3) is 33.5 Å². The van der Waals surface area contributed by atoms with Gasteiger partial charge in [0.15, 0.2) is 5.82 Å². The Hall–Kier alpha value is -3.13. The summed E-state index contributed by atoms with van der Waals surface area (Å²) in [6.07, 6.45) is 2.86. The van der Waals surface area contributed by atoms with Gasteiger partial charge in [-0.3, -0.25) is 4.68 Å². The Balaban J connectivity index is 1.43. The maximum atomic E-state index is 14.7. The number of fused-ring (bicyclic) bond motifs is 2. The average molecular weight is 420 g/mol. The molecule has 5 rings (SSSR count). The first-order valence-corrected chi connectivity index (χ1v) is 10.6. The first kappa shape index (κ1) is 19.8. The molecule has 1 unspecified atom stereocenters. The molecule has 1 fully saturated rings. The Morgan fingerprint density at radius 3 is 2.58 bits per heavy atom. The molecule has 0 saturated carbocycles. The van der Waals surface area contributed by atoms with Crippen molar-refractivity contribution in [1.82, 2.24) is 30.0 Å². The van der Waals surface area contributed by atoms with Crippen LogP contribution in [0, 0.1) is 5.82 Å². The minimum absolute atomic E-state index is 0.0972. The van der Waals surface area contributed by atoms with Gasteiger partial charge >= 0.3 is 0 Å². The zero-order valence-corrected chi connectivity index (χ0v) is 18.2. The predicted molar refractivity (Wildman–Crippen MR) is 121 cm³/mol. The summed E-state index contributed by atoms with van der Waals surface area (Å²) in [6, 6.07) is 9.46. The molecule has 1 aliphatic rings. The summed E-state index contributed by atoms with van der Waals surface area (Å²) < 4.78 is 16.3. The van der Waals surface area contributed by atoms with E-state index in [9.17, 15) is 4.39 Å². The van der Waals surface area contributed by atoms with Crippen LogP contribution >= 0.6 is 0 Å². The van der Waals surface area contributed by atoms with Crippen molar-refractivity contribution in [1.29, 1.82) is 0 Å². The van der Waals surface area contributed by atoms with E-state index in [1.54, 1.807) is 24.0 Å². The van der Waals surface area contributed by atoms with Gasteiger partial charge in [0.25, 0.3) is 0 Å². The number of hydrogen-bond donors (Lipinski definition) is 1. The molecule has 1 atom stereocenters. The molecule has 0 amide bonds. The Labute approximate surface area is 180 Å². The molecule has 31 heavy (non-hydrogen) atoms. The zero-order chi connectivity index (χ0) is 21.8. The highest BCUT2D eigenvalue weighted by Gasteiger charge is 2.26. The summed E-state index contributed by atoms with van der Waals surface area (Å²) in [5, 5.41) is 7.88. The van der Waals surface area contributed by atoms with Crippen molar-refractivity contribution in [3.05, 3.63) is 42.3 Å². The molecule has 1 saturated heterocycles. The molecule has 160 valence electrons. The van der Waals surface area contributed by atoms with Crippen LogP contribution in [0.1, 0.15) is 27.2 Å². The second kappa shape index (κ2) is 7.23. The van der Waals surface area contributed by atoms with E-state index < -0.39 is 5.82 Å². The number of rotatable bonds is 3. The summed E-state index contributed by atoms with van der Waals surface area (Å²) in [4.78, 5) is 16.2. The van der Waals surface area contributed by atoms with E-state index in [1.165, 1.54) is 6.07 Å². The molecule has 1 N–H and O–H groups in total. The second-order valence-corrected chi connectivity index (χ2v) is 9.26. The fourth-order valence-corrected chi connectivity index (χ4v) is 4.23. The van der Waals surface area contributed by atoms with E-state index in [-0.39, 0.29) is 11.2 Å². The highest BCUT2D eigenvalue weighted by molar-refractivity contribution is 5.81. The number of pyridine rings is 3. The van der Waals surface area contributed by atoms with Crippen molar-refractivity contribution in [2.75, 3.05) is 18.0 Å². The van der Waals surface area contributed by atoms with E-state index >= 15 is 0 Å². The SMILES string of the molecule is Cn1cc2nc(-c3ccc4nc(N5CCC(NC(C)(C)C)C5)ccc4n3)c(F)cc2n1. The van der Waals surface area contributed by atoms with Gasteiger partial charge in [-0.1, -0.05) is 0 Å². The molecule has 0 aliphatic carbocycles. The summed E-state index contributed by atoms with van der Waals surface area (Å²) in [5.41, 5.74) is 3.49. The third-order valence-corrected chi connectivity index (χ3v) is 5.48. The van der Waals surface area contributed by atoms with Crippen molar-refractivity contribution in [2.45, 2.75) is 38.8 Å². The molecule has 0 aromatic carbocycles. The quantitative estimate of drug-likeness (QED) is 0.546. The van der Waals surface area contributed by atoms with Gasteiger partial charge in [-0.25, -0.2) is 19.3 Å². The van der Waals surface area contributed by atoms with E-state index in [2.05, 4.69) is 46.1 Å². The van der Waals surface area contributed by atoms with Crippen LogP contribution in [0.3, 0.4) is 0 Å². The molecule has 5 heterocycles. The standard InChI is InChI=1S/C23H26FN7/c1-23(2,3)28-14-9-10-31(12-14)21-8-7-16-17(26-21)5-6-18(25-16)22-15(24)11-19-20(27-22)13-30(4)29-19/h5-8,11,13-14,28H,9-10,12H2,1-4H3. The van der Waals surface area contributed by atoms with E-state index in [1.807, 2.05) is 18.2 Å². The van der Waals surface area contributed by atoms with Crippen LogP contribution < -0.4 is 10.2 Å². The first-order valence-electron chi connectivity index (χ1n) is 10.6. The van der Waals surface area contributed by atoms with E-state index in [0.717, 1.165) is 36.4 Å². The summed E-state index contributed by atoms with van der Waals surface area (Å²) in [6.45, 7) is 8.48. The maximum absolute atomic E-state index is 14.7. The van der Waals surface area contributed by atoms with Crippen LogP contribution in [0.4, 0.5) is 10.2 Å². The first-order chi connectivity index (χ1) is 14.7. The predicted octanol–water partition coefficient (Wildman–Crippen LogP) is 3.68. The largest absolute Gasteiger partial charge is 0.355 e. The smallest absolute Gasteiger partial charge is 0.153 e. The molecule has 1 aliphatic heterocycles. The van der Waals surface area contributed by atoms with Crippen LogP contribution in [-0.4, -0.2) is 49.4 Å². The van der Waals surface area contributed by atoms with Gasteiger partial charge in [-0.2, -0.15) is 5.10 Å². The minimum atomic E-state index is -0.433. The number of nitrogens with zero attached hydrogens (tertiary/aromatic N) is 6. The van der Waals surface area contributed by atoms with Crippen molar-refractivity contribution in [3.8, 4) is 11.4 Å². The van der Waals surface area contributed by atoms with Crippen molar-refractivity contribution in [3.63, 3.8) is 0 Å². The highest BCUT2D eigenvalue weighted by Crippen LogP contribution is 2.26. The van der Waals surface area contributed by atoms with Crippen LogP contribution in [0.5, 0.6) is 0 Å². The van der Waals surface area contributed by atoms with Gasteiger partial charge in [0.05, 0.1) is 22.9 Å².